The van der Waals surface area contributed by atoms with Gasteiger partial charge in [-0.15, -0.1) is 0 Å². The summed E-state index contributed by atoms with van der Waals surface area (Å²) in [5.41, 5.74) is 2.23. The van der Waals surface area contributed by atoms with Gasteiger partial charge in [0.25, 0.3) is 5.91 Å². The summed E-state index contributed by atoms with van der Waals surface area (Å²) in [5, 5.41) is 16.4. The highest BCUT2D eigenvalue weighted by Crippen LogP contribution is 2.32. The van der Waals surface area contributed by atoms with Crippen molar-refractivity contribution in [3.63, 3.8) is 0 Å². The highest BCUT2D eigenvalue weighted by Gasteiger charge is 2.18. The first-order chi connectivity index (χ1) is 14.0. The van der Waals surface area contributed by atoms with Crippen LogP contribution >= 0.6 is 23.2 Å². The molecule has 144 valence electrons. The van der Waals surface area contributed by atoms with Gasteiger partial charge in [0.05, 0.1) is 0 Å². The van der Waals surface area contributed by atoms with Gasteiger partial charge in [0.15, 0.2) is 0 Å². The highest BCUT2D eigenvalue weighted by atomic mass is 35.5. The molecule has 4 aromatic carbocycles. The van der Waals surface area contributed by atoms with Gasteiger partial charge in [0.2, 0.25) is 0 Å². The fourth-order valence-corrected chi connectivity index (χ4v) is 3.77. The number of amides is 1. The number of anilines is 1. The number of aliphatic hydroxyl groups is 1. The van der Waals surface area contributed by atoms with Crippen LogP contribution in [0.1, 0.15) is 27.6 Å². The van der Waals surface area contributed by atoms with E-state index in [1.54, 1.807) is 36.4 Å². The Hall–Kier alpha value is -2.85. The number of aliphatic hydroxyl groups excluding tert-OH is 1. The molecule has 29 heavy (non-hydrogen) atoms. The minimum Gasteiger partial charge on any atom is -0.384 e. The maximum absolute atomic E-state index is 13.1. The van der Waals surface area contributed by atoms with Gasteiger partial charge in [0.1, 0.15) is 6.10 Å². The van der Waals surface area contributed by atoms with Crippen molar-refractivity contribution < 1.29 is 9.90 Å². The zero-order valence-corrected chi connectivity index (χ0v) is 16.8. The molecule has 0 bridgehead atoms. The smallest absolute Gasteiger partial charge is 0.256 e. The molecule has 1 unspecified atom stereocenters. The summed E-state index contributed by atoms with van der Waals surface area (Å²) in [7, 11) is 0. The molecular weight excluding hydrogens is 405 g/mol. The summed E-state index contributed by atoms with van der Waals surface area (Å²) in [4.78, 5) is 13.1. The maximum atomic E-state index is 13.1. The van der Waals surface area contributed by atoms with Gasteiger partial charge in [0, 0.05) is 32.2 Å². The van der Waals surface area contributed by atoms with Crippen LogP contribution in [-0.4, -0.2) is 11.0 Å². The Balaban J connectivity index is 1.72. The Kier molecular flexibility index (Phi) is 5.54. The largest absolute Gasteiger partial charge is 0.384 e. The van der Waals surface area contributed by atoms with Crippen LogP contribution in [0.25, 0.3) is 10.8 Å². The second kappa shape index (κ2) is 8.26. The first kappa shape index (κ1) is 19.5. The van der Waals surface area contributed by atoms with Crippen LogP contribution in [0.2, 0.25) is 10.0 Å². The molecule has 0 saturated carbocycles. The number of rotatable bonds is 4. The molecule has 0 heterocycles. The number of carbonyl (C=O) groups is 1. The molecule has 0 aliphatic carbocycles. The Labute approximate surface area is 178 Å². The lowest BCUT2D eigenvalue weighted by molar-refractivity contribution is 0.102. The average molecular weight is 422 g/mol. The lowest BCUT2D eigenvalue weighted by Crippen LogP contribution is -2.15. The summed E-state index contributed by atoms with van der Waals surface area (Å²) >= 11 is 12.4. The van der Waals surface area contributed by atoms with Crippen molar-refractivity contribution in [2.75, 3.05) is 5.32 Å². The number of hydrogen-bond acceptors (Lipinski definition) is 2. The third kappa shape index (κ3) is 3.99. The molecule has 0 aliphatic rings. The van der Waals surface area contributed by atoms with Crippen molar-refractivity contribution in [2.24, 2.45) is 0 Å². The van der Waals surface area contributed by atoms with E-state index in [1.165, 1.54) is 0 Å². The monoisotopic (exact) mass is 421 g/mol. The Morgan fingerprint density at radius 2 is 1.55 bits per heavy atom. The Bertz CT molecular complexity index is 1190. The zero-order valence-electron chi connectivity index (χ0n) is 15.3. The fourth-order valence-electron chi connectivity index (χ4n) is 3.35. The highest BCUT2D eigenvalue weighted by molar-refractivity contribution is 6.36. The quantitative estimate of drug-likeness (QED) is 0.396. The molecule has 4 rings (SSSR count). The summed E-state index contributed by atoms with van der Waals surface area (Å²) in [6.45, 7) is 0. The van der Waals surface area contributed by atoms with E-state index >= 15 is 0 Å². The first-order valence-electron chi connectivity index (χ1n) is 9.05. The van der Waals surface area contributed by atoms with Crippen molar-refractivity contribution in [3.8, 4) is 0 Å². The van der Waals surface area contributed by atoms with Crippen LogP contribution in [0.5, 0.6) is 0 Å². The molecule has 0 fully saturated rings. The summed E-state index contributed by atoms with van der Waals surface area (Å²) in [5.74, 6) is -0.290. The van der Waals surface area contributed by atoms with Crippen molar-refractivity contribution in [3.05, 3.63) is 112 Å². The molecule has 1 atom stereocenters. The molecule has 2 N–H and O–H groups in total. The van der Waals surface area contributed by atoms with Crippen LogP contribution in [-0.2, 0) is 0 Å². The molecule has 0 radical (unpaired) electrons. The molecule has 0 aromatic heterocycles. The van der Waals surface area contributed by atoms with E-state index in [4.69, 9.17) is 23.2 Å². The van der Waals surface area contributed by atoms with Crippen molar-refractivity contribution in [2.45, 2.75) is 6.10 Å². The van der Waals surface area contributed by atoms with Gasteiger partial charge in [-0.25, -0.2) is 0 Å². The Morgan fingerprint density at radius 1 is 0.828 bits per heavy atom. The SMILES string of the molecule is O=C(Nc1ccc(Cl)cc1C(O)c1ccccc1)c1cccc2c(Cl)cccc12. The molecule has 5 heteroatoms. The molecule has 0 saturated heterocycles. The second-order valence-electron chi connectivity index (χ2n) is 6.64. The standard InChI is InChI=1S/C24H17Cl2NO2/c25-16-12-13-22(20(14-16)23(28)15-6-2-1-3-7-15)27-24(29)19-10-4-9-18-17(19)8-5-11-21(18)26/h1-14,23,28H,(H,27,29). The van der Waals surface area contributed by atoms with E-state index in [9.17, 15) is 9.90 Å². The van der Waals surface area contributed by atoms with Gasteiger partial charge in [-0.3, -0.25) is 4.79 Å². The summed E-state index contributed by atoms with van der Waals surface area (Å²) in [6.07, 6.45) is -0.924. The third-order valence-corrected chi connectivity index (χ3v) is 5.35. The van der Waals surface area contributed by atoms with E-state index in [2.05, 4.69) is 5.32 Å². The fraction of sp³-hybridized carbons (Fsp3) is 0.0417. The molecule has 0 spiro atoms. The number of halogens is 2. The van der Waals surface area contributed by atoms with Crippen LogP contribution < -0.4 is 5.32 Å². The van der Waals surface area contributed by atoms with E-state index in [0.717, 1.165) is 10.8 Å². The van der Waals surface area contributed by atoms with Gasteiger partial charge >= 0.3 is 0 Å². The molecular formula is C24H17Cl2NO2. The maximum Gasteiger partial charge on any atom is 0.256 e. The lowest BCUT2D eigenvalue weighted by Gasteiger charge is -2.17. The van der Waals surface area contributed by atoms with Crippen LogP contribution in [0, 0.1) is 0 Å². The Morgan fingerprint density at radius 3 is 2.34 bits per heavy atom. The predicted molar refractivity (Wildman–Crippen MR) is 119 cm³/mol. The lowest BCUT2D eigenvalue weighted by atomic mass is 9.99. The van der Waals surface area contributed by atoms with Crippen LogP contribution in [0.4, 0.5) is 5.69 Å². The van der Waals surface area contributed by atoms with E-state index < -0.39 is 6.10 Å². The molecule has 1 amide bonds. The van der Waals surface area contributed by atoms with Gasteiger partial charge in [-0.05, 0) is 41.3 Å². The normalized spacial score (nSPS) is 12.0. The number of carbonyl (C=O) groups excluding carboxylic acids is 1. The minimum absolute atomic E-state index is 0.290. The number of fused-ring (bicyclic) bond motifs is 1. The van der Waals surface area contributed by atoms with E-state index in [0.29, 0.717) is 32.4 Å². The van der Waals surface area contributed by atoms with Crippen LogP contribution in [0.3, 0.4) is 0 Å². The minimum atomic E-state index is -0.924. The van der Waals surface area contributed by atoms with Gasteiger partial charge < -0.3 is 10.4 Å². The second-order valence-corrected chi connectivity index (χ2v) is 7.48. The van der Waals surface area contributed by atoms with Crippen LogP contribution in [0.15, 0.2) is 84.9 Å². The van der Waals surface area contributed by atoms with Gasteiger partial charge in [-0.2, -0.15) is 0 Å². The number of hydrogen-bond donors (Lipinski definition) is 2. The van der Waals surface area contributed by atoms with Crippen molar-refractivity contribution in [1.82, 2.24) is 0 Å². The number of benzene rings is 4. The zero-order chi connectivity index (χ0) is 20.4. The summed E-state index contributed by atoms with van der Waals surface area (Å²) < 4.78 is 0. The predicted octanol–water partition coefficient (Wildman–Crippen LogP) is 6.48. The topological polar surface area (TPSA) is 49.3 Å². The van der Waals surface area contributed by atoms with E-state index in [-0.39, 0.29) is 5.91 Å². The molecule has 4 aromatic rings. The van der Waals surface area contributed by atoms with Crippen molar-refractivity contribution >= 4 is 45.6 Å². The first-order valence-corrected chi connectivity index (χ1v) is 9.81. The van der Waals surface area contributed by atoms with Gasteiger partial charge in [-0.1, -0.05) is 77.8 Å². The average Bonchev–Trinajstić information content (AvgIpc) is 2.75. The third-order valence-electron chi connectivity index (χ3n) is 4.79. The summed E-state index contributed by atoms with van der Waals surface area (Å²) in [6, 6.07) is 25.1. The van der Waals surface area contributed by atoms with Crippen molar-refractivity contribution in [1.29, 1.82) is 0 Å². The number of nitrogens with one attached hydrogen (secondary N) is 1. The molecule has 3 nitrogen and oxygen atoms in total. The van der Waals surface area contributed by atoms with E-state index in [1.807, 2.05) is 48.5 Å². The molecule has 0 aliphatic heterocycles.